The monoisotopic (exact) mass is 303 g/mol. The van der Waals surface area contributed by atoms with Crippen molar-refractivity contribution < 1.29 is 4.39 Å². The molecule has 0 saturated heterocycles. The van der Waals surface area contributed by atoms with E-state index in [4.69, 9.17) is 5.73 Å². The van der Waals surface area contributed by atoms with E-state index in [1.165, 1.54) is 6.07 Å². The van der Waals surface area contributed by atoms with E-state index in [1.807, 2.05) is 13.0 Å². The largest absolute Gasteiger partial charge is 0.370 e. The Labute approximate surface area is 130 Å². The van der Waals surface area contributed by atoms with Crippen LogP contribution in [0, 0.1) is 12.7 Å². The van der Waals surface area contributed by atoms with E-state index in [2.05, 4.69) is 22.2 Å². The molecule has 0 aliphatic carbocycles. The molecule has 0 bridgehead atoms. The lowest BCUT2D eigenvalue weighted by molar-refractivity contribution is 0.614. The van der Waals surface area contributed by atoms with Crippen LogP contribution in [0.2, 0.25) is 0 Å². The van der Waals surface area contributed by atoms with E-state index in [1.54, 1.807) is 23.0 Å². The Hall–Kier alpha value is -2.37. The molecule has 5 nitrogen and oxygen atoms in total. The number of aryl methyl sites for hydroxylation is 1. The van der Waals surface area contributed by atoms with Crippen molar-refractivity contribution in [2.24, 2.45) is 10.7 Å². The Morgan fingerprint density at radius 1 is 1.45 bits per heavy atom. The van der Waals surface area contributed by atoms with Gasteiger partial charge in [-0.3, -0.25) is 0 Å². The highest BCUT2D eigenvalue weighted by molar-refractivity contribution is 5.77. The van der Waals surface area contributed by atoms with Gasteiger partial charge in [0, 0.05) is 18.9 Å². The Morgan fingerprint density at radius 2 is 2.27 bits per heavy atom. The molecule has 1 aromatic carbocycles. The van der Waals surface area contributed by atoms with Crippen LogP contribution in [0.5, 0.6) is 0 Å². The average molecular weight is 303 g/mol. The lowest BCUT2D eigenvalue weighted by Gasteiger charge is -2.08. The second-order valence-corrected chi connectivity index (χ2v) is 5.11. The summed E-state index contributed by atoms with van der Waals surface area (Å²) in [5.74, 6) is 0.837. The molecule has 0 unspecified atom stereocenters. The average Bonchev–Trinajstić information content (AvgIpc) is 2.91. The number of imidazole rings is 1. The van der Waals surface area contributed by atoms with Crippen molar-refractivity contribution in [1.82, 2.24) is 14.9 Å². The van der Waals surface area contributed by atoms with Gasteiger partial charge in [0.25, 0.3) is 0 Å². The first-order chi connectivity index (χ1) is 10.6. The number of hydrogen-bond donors (Lipinski definition) is 2. The maximum absolute atomic E-state index is 14.2. The molecule has 0 aliphatic rings. The van der Waals surface area contributed by atoms with Crippen molar-refractivity contribution in [3.05, 3.63) is 47.8 Å². The van der Waals surface area contributed by atoms with Gasteiger partial charge in [-0.1, -0.05) is 19.4 Å². The molecule has 2 aromatic rings. The fourth-order valence-corrected chi connectivity index (χ4v) is 2.10. The van der Waals surface area contributed by atoms with Crippen molar-refractivity contribution in [2.75, 3.05) is 6.54 Å². The van der Waals surface area contributed by atoms with E-state index < -0.39 is 0 Å². The number of nitrogens with one attached hydrogen (secondary N) is 1. The van der Waals surface area contributed by atoms with Gasteiger partial charge in [-0.15, -0.1) is 0 Å². The number of aromatic nitrogens is 2. The van der Waals surface area contributed by atoms with Crippen molar-refractivity contribution in [2.45, 2.75) is 33.2 Å². The summed E-state index contributed by atoms with van der Waals surface area (Å²) in [5, 5.41) is 3.03. The summed E-state index contributed by atoms with van der Waals surface area (Å²) in [6.45, 7) is 5.10. The van der Waals surface area contributed by atoms with Crippen LogP contribution in [-0.2, 0) is 6.54 Å². The molecule has 3 N–H and O–H groups in total. The van der Waals surface area contributed by atoms with Crippen LogP contribution in [0.15, 0.2) is 35.6 Å². The number of nitrogens with zero attached hydrogens (tertiary/aromatic N) is 3. The SMILES string of the molecule is CCCCNC(N)=NCc1ccc(-n2ccnc2C)c(F)c1. The lowest BCUT2D eigenvalue weighted by atomic mass is 10.2. The molecule has 22 heavy (non-hydrogen) atoms. The molecule has 0 amide bonds. The lowest BCUT2D eigenvalue weighted by Crippen LogP contribution is -2.32. The highest BCUT2D eigenvalue weighted by atomic mass is 19.1. The number of benzene rings is 1. The van der Waals surface area contributed by atoms with Crippen LogP contribution in [0.25, 0.3) is 5.69 Å². The van der Waals surface area contributed by atoms with E-state index in [-0.39, 0.29) is 5.82 Å². The Morgan fingerprint density at radius 3 is 2.91 bits per heavy atom. The second-order valence-electron chi connectivity index (χ2n) is 5.11. The third-order valence-electron chi connectivity index (χ3n) is 3.37. The van der Waals surface area contributed by atoms with Crippen LogP contribution in [-0.4, -0.2) is 22.1 Å². The molecule has 0 saturated carbocycles. The molecule has 0 radical (unpaired) electrons. The van der Waals surface area contributed by atoms with Gasteiger partial charge < -0.3 is 15.6 Å². The molecule has 2 rings (SSSR count). The fraction of sp³-hybridized carbons (Fsp3) is 0.375. The number of unbranched alkanes of at least 4 members (excludes halogenated alkanes) is 1. The van der Waals surface area contributed by atoms with Crippen LogP contribution in [0.3, 0.4) is 0 Å². The smallest absolute Gasteiger partial charge is 0.188 e. The fourth-order valence-electron chi connectivity index (χ4n) is 2.10. The molecule has 0 atom stereocenters. The summed E-state index contributed by atoms with van der Waals surface area (Å²) in [6.07, 6.45) is 5.53. The van der Waals surface area contributed by atoms with Gasteiger partial charge in [-0.2, -0.15) is 0 Å². The first kappa shape index (κ1) is 16.0. The van der Waals surface area contributed by atoms with Crippen LogP contribution >= 0.6 is 0 Å². The number of aliphatic imine (C=N–C) groups is 1. The van der Waals surface area contributed by atoms with Gasteiger partial charge in [-0.05, 0) is 31.0 Å². The zero-order chi connectivity index (χ0) is 15.9. The normalized spacial score (nSPS) is 11.7. The highest BCUT2D eigenvalue weighted by Gasteiger charge is 2.07. The molecule has 6 heteroatoms. The number of rotatable bonds is 6. The molecule has 118 valence electrons. The molecular formula is C16H22FN5. The summed E-state index contributed by atoms with van der Waals surface area (Å²) in [5.41, 5.74) is 7.02. The molecule has 1 aromatic heterocycles. The molecule has 0 fully saturated rings. The van der Waals surface area contributed by atoms with Gasteiger partial charge in [0.15, 0.2) is 5.96 Å². The quantitative estimate of drug-likeness (QED) is 0.489. The zero-order valence-electron chi connectivity index (χ0n) is 13.0. The summed E-state index contributed by atoms with van der Waals surface area (Å²) in [7, 11) is 0. The van der Waals surface area contributed by atoms with Gasteiger partial charge in [-0.25, -0.2) is 14.4 Å². The highest BCUT2D eigenvalue weighted by Crippen LogP contribution is 2.17. The Bertz CT molecular complexity index is 648. The van der Waals surface area contributed by atoms with Gasteiger partial charge in [0.2, 0.25) is 0 Å². The number of halogens is 1. The Kier molecular flexibility index (Phi) is 5.52. The minimum atomic E-state index is -0.300. The van der Waals surface area contributed by atoms with Crippen molar-refractivity contribution >= 4 is 5.96 Å². The standard InChI is InChI=1S/C16H22FN5/c1-3-4-7-20-16(18)21-11-13-5-6-15(14(17)10-13)22-9-8-19-12(22)2/h5-6,8-10H,3-4,7,11H2,1-2H3,(H3,18,20,21). The molecule has 0 spiro atoms. The van der Waals surface area contributed by atoms with E-state index in [9.17, 15) is 4.39 Å². The van der Waals surface area contributed by atoms with Gasteiger partial charge in [0.05, 0.1) is 12.2 Å². The summed E-state index contributed by atoms with van der Waals surface area (Å²) >= 11 is 0. The molecule has 0 aliphatic heterocycles. The summed E-state index contributed by atoms with van der Waals surface area (Å²) in [6, 6.07) is 5.06. The van der Waals surface area contributed by atoms with Crippen LogP contribution in [0.4, 0.5) is 4.39 Å². The van der Waals surface area contributed by atoms with E-state index in [0.717, 1.165) is 30.8 Å². The minimum absolute atomic E-state index is 0.300. The number of guanidine groups is 1. The summed E-state index contributed by atoms with van der Waals surface area (Å²) < 4.78 is 15.9. The molecular weight excluding hydrogens is 281 g/mol. The first-order valence-corrected chi connectivity index (χ1v) is 7.44. The predicted molar refractivity (Wildman–Crippen MR) is 86.5 cm³/mol. The minimum Gasteiger partial charge on any atom is -0.370 e. The zero-order valence-corrected chi connectivity index (χ0v) is 13.0. The molecule has 1 heterocycles. The third kappa shape index (κ3) is 4.07. The summed E-state index contributed by atoms with van der Waals surface area (Å²) in [4.78, 5) is 8.32. The maximum atomic E-state index is 14.2. The predicted octanol–water partition coefficient (Wildman–Crippen LogP) is 2.52. The van der Waals surface area contributed by atoms with Crippen LogP contribution < -0.4 is 11.1 Å². The van der Waals surface area contributed by atoms with Gasteiger partial charge >= 0.3 is 0 Å². The van der Waals surface area contributed by atoms with Crippen molar-refractivity contribution in [1.29, 1.82) is 0 Å². The number of hydrogen-bond acceptors (Lipinski definition) is 2. The first-order valence-electron chi connectivity index (χ1n) is 7.44. The Balaban J connectivity index is 2.04. The maximum Gasteiger partial charge on any atom is 0.188 e. The topological polar surface area (TPSA) is 68.2 Å². The second kappa shape index (κ2) is 7.59. The third-order valence-corrected chi connectivity index (χ3v) is 3.37. The number of nitrogens with two attached hydrogens (primary N) is 1. The van der Waals surface area contributed by atoms with E-state index in [0.29, 0.717) is 18.2 Å². The van der Waals surface area contributed by atoms with Crippen molar-refractivity contribution in [3.63, 3.8) is 0 Å². The van der Waals surface area contributed by atoms with Crippen LogP contribution in [0.1, 0.15) is 31.2 Å². The van der Waals surface area contributed by atoms with E-state index >= 15 is 0 Å². The van der Waals surface area contributed by atoms with Gasteiger partial charge in [0.1, 0.15) is 11.6 Å². The van der Waals surface area contributed by atoms with Crippen molar-refractivity contribution in [3.8, 4) is 5.69 Å².